The summed E-state index contributed by atoms with van der Waals surface area (Å²) in [5.41, 5.74) is 4.51. The van der Waals surface area contributed by atoms with Gasteiger partial charge in [-0.15, -0.1) is 23.2 Å². The number of nitrogens with one attached hydrogen (secondary N) is 1. The average molecular weight is 505 g/mol. The van der Waals surface area contributed by atoms with Crippen molar-refractivity contribution in [1.82, 2.24) is 4.90 Å². The van der Waals surface area contributed by atoms with Gasteiger partial charge in [0.15, 0.2) is 0 Å². The number of nitrogens with zero attached hydrogens (tertiary/aromatic N) is 1. The van der Waals surface area contributed by atoms with Gasteiger partial charge in [-0.05, 0) is 53.8 Å². The minimum atomic E-state index is -1.26. The van der Waals surface area contributed by atoms with Gasteiger partial charge in [0.2, 0.25) is 17.7 Å². The van der Waals surface area contributed by atoms with E-state index in [2.05, 4.69) is 5.32 Å². The molecule has 7 heteroatoms. The molecule has 5 nitrogen and oxygen atoms in total. The van der Waals surface area contributed by atoms with E-state index in [1.54, 1.807) is 13.0 Å². The Morgan fingerprint density at radius 3 is 1.71 bits per heavy atom. The Bertz CT molecular complexity index is 1310. The second-order valence-corrected chi connectivity index (χ2v) is 10.7. The number of halogens is 2. The number of carbonyl (C=O) groups is 3. The van der Waals surface area contributed by atoms with Crippen LogP contribution in [0, 0.1) is 18.8 Å². The zero-order chi connectivity index (χ0) is 24.7. The van der Waals surface area contributed by atoms with E-state index in [0.717, 1.165) is 32.7 Å². The summed E-state index contributed by atoms with van der Waals surface area (Å²) >= 11 is 14.8. The predicted molar refractivity (Wildman–Crippen MR) is 134 cm³/mol. The summed E-state index contributed by atoms with van der Waals surface area (Å²) in [5.74, 6) is -3.25. The Hall–Kier alpha value is -3.15. The van der Waals surface area contributed by atoms with Gasteiger partial charge in [-0.2, -0.15) is 0 Å². The lowest BCUT2D eigenvalue weighted by molar-refractivity contribution is -0.146. The highest BCUT2D eigenvalue weighted by molar-refractivity contribution is 6.36. The molecule has 3 aliphatic carbocycles. The van der Waals surface area contributed by atoms with Crippen LogP contribution in [0.25, 0.3) is 0 Å². The van der Waals surface area contributed by atoms with Crippen molar-refractivity contribution in [1.29, 1.82) is 0 Å². The number of carbonyl (C=O) groups excluding carboxylic acids is 3. The van der Waals surface area contributed by atoms with Gasteiger partial charge in [-0.1, -0.05) is 60.7 Å². The molecule has 1 aliphatic heterocycles. The molecule has 3 atom stereocenters. The van der Waals surface area contributed by atoms with Crippen molar-refractivity contribution >= 4 is 46.6 Å². The van der Waals surface area contributed by atoms with Gasteiger partial charge in [-0.3, -0.25) is 19.3 Å². The molecule has 3 amide bonds. The number of benzene rings is 3. The first kappa shape index (κ1) is 22.3. The fraction of sp³-hybridized carbons (Fsp3) is 0.250. The van der Waals surface area contributed by atoms with Crippen molar-refractivity contribution in [2.45, 2.75) is 29.6 Å². The second-order valence-electron chi connectivity index (χ2n) is 9.55. The van der Waals surface area contributed by atoms with E-state index in [1.807, 2.05) is 73.7 Å². The zero-order valence-electron chi connectivity index (χ0n) is 19.1. The summed E-state index contributed by atoms with van der Waals surface area (Å²) in [6, 6.07) is 21.2. The van der Waals surface area contributed by atoms with Crippen molar-refractivity contribution in [3.8, 4) is 0 Å². The van der Waals surface area contributed by atoms with Gasteiger partial charge < -0.3 is 5.32 Å². The molecule has 2 bridgehead atoms. The largest absolute Gasteiger partial charge is 0.324 e. The summed E-state index contributed by atoms with van der Waals surface area (Å²) in [5, 5.41) is 2.82. The van der Waals surface area contributed by atoms with Crippen molar-refractivity contribution < 1.29 is 14.4 Å². The molecule has 0 unspecified atom stereocenters. The Morgan fingerprint density at radius 2 is 1.29 bits per heavy atom. The molecule has 4 aliphatic rings. The first-order valence-corrected chi connectivity index (χ1v) is 12.3. The summed E-state index contributed by atoms with van der Waals surface area (Å²) in [6.07, 6.45) is 0. The minimum absolute atomic E-state index is 0.453. The van der Waals surface area contributed by atoms with Gasteiger partial charge in [0, 0.05) is 5.69 Å². The van der Waals surface area contributed by atoms with Crippen LogP contribution >= 0.6 is 23.2 Å². The van der Waals surface area contributed by atoms with Crippen LogP contribution in [0.5, 0.6) is 0 Å². The van der Waals surface area contributed by atoms with Gasteiger partial charge in [0.05, 0.1) is 11.8 Å². The molecule has 1 N–H and O–H groups in total. The van der Waals surface area contributed by atoms with E-state index in [0.29, 0.717) is 5.69 Å². The van der Waals surface area contributed by atoms with Crippen LogP contribution in [0.3, 0.4) is 0 Å². The Kier molecular flexibility index (Phi) is 4.73. The summed E-state index contributed by atoms with van der Waals surface area (Å²) < 4.78 is 0. The van der Waals surface area contributed by atoms with Gasteiger partial charge >= 0.3 is 0 Å². The van der Waals surface area contributed by atoms with Crippen LogP contribution in [0.4, 0.5) is 5.69 Å². The van der Waals surface area contributed by atoms with Crippen LogP contribution in [-0.4, -0.2) is 28.7 Å². The van der Waals surface area contributed by atoms with Gasteiger partial charge in [0.25, 0.3) is 0 Å². The molecule has 35 heavy (non-hydrogen) atoms. The SMILES string of the molecule is Cc1cccc(NC(=O)[C@H](C)N2C(=O)[C@@H]3[C@H](C2=O)C2(Cl)c4ccccc4C3(Cl)c3ccccc32)c1. The third kappa shape index (κ3) is 2.74. The zero-order valence-corrected chi connectivity index (χ0v) is 20.6. The lowest BCUT2D eigenvalue weighted by atomic mass is 9.54. The van der Waals surface area contributed by atoms with Gasteiger partial charge in [-0.25, -0.2) is 0 Å². The first-order chi connectivity index (χ1) is 16.7. The van der Waals surface area contributed by atoms with Crippen molar-refractivity contribution in [2.75, 3.05) is 5.32 Å². The van der Waals surface area contributed by atoms with Crippen molar-refractivity contribution in [3.05, 3.63) is 101 Å². The van der Waals surface area contributed by atoms with Gasteiger partial charge in [0.1, 0.15) is 15.8 Å². The number of aryl methyl sites for hydroxylation is 1. The summed E-state index contributed by atoms with van der Waals surface area (Å²) in [4.78, 5) is 39.6. The lowest BCUT2D eigenvalue weighted by Gasteiger charge is -2.54. The molecule has 0 saturated carbocycles. The van der Waals surface area contributed by atoms with Crippen molar-refractivity contribution in [3.63, 3.8) is 0 Å². The third-order valence-corrected chi connectivity index (χ3v) is 8.96. The third-order valence-electron chi connectivity index (χ3n) is 7.67. The maximum absolute atomic E-state index is 13.9. The highest BCUT2D eigenvalue weighted by atomic mass is 35.5. The number of hydrogen-bond donors (Lipinski definition) is 1. The number of hydrogen-bond acceptors (Lipinski definition) is 3. The summed E-state index contributed by atoms with van der Waals surface area (Å²) in [6.45, 7) is 3.48. The molecule has 176 valence electrons. The Morgan fingerprint density at radius 1 is 0.829 bits per heavy atom. The average Bonchev–Trinajstić information content (AvgIpc) is 3.13. The highest BCUT2D eigenvalue weighted by Crippen LogP contribution is 2.69. The van der Waals surface area contributed by atoms with Crippen LogP contribution in [-0.2, 0) is 24.1 Å². The van der Waals surface area contributed by atoms with E-state index < -0.39 is 45.3 Å². The topological polar surface area (TPSA) is 66.5 Å². The Balaban J connectivity index is 1.46. The van der Waals surface area contributed by atoms with Crippen LogP contribution in [0.15, 0.2) is 72.8 Å². The standard InChI is InChI=1S/C28H22Cl2N2O3/c1-15-8-7-9-17(14-15)31-24(33)16(2)32-25(34)22-23(26(32)35)28(30)19-11-4-3-10-18(19)27(22,29)20-12-5-6-13-21(20)28/h3-14,16,22-23H,1-2H3,(H,31,33)/t16-,22-,23+,27?,28?/m0/s1. The molecule has 0 aromatic heterocycles. The van der Waals surface area contributed by atoms with E-state index >= 15 is 0 Å². The maximum atomic E-state index is 13.9. The number of imide groups is 1. The van der Waals surface area contributed by atoms with E-state index in [9.17, 15) is 14.4 Å². The molecule has 1 saturated heterocycles. The number of likely N-dealkylation sites (tertiary alicyclic amines) is 1. The minimum Gasteiger partial charge on any atom is -0.324 e. The monoisotopic (exact) mass is 504 g/mol. The molecule has 3 aromatic rings. The predicted octanol–water partition coefficient (Wildman–Crippen LogP) is 4.92. The number of amides is 3. The van der Waals surface area contributed by atoms with Crippen molar-refractivity contribution in [2.24, 2.45) is 11.8 Å². The van der Waals surface area contributed by atoms with Crippen LogP contribution < -0.4 is 5.32 Å². The van der Waals surface area contributed by atoms with E-state index in [4.69, 9.17) is 23.2 Å². The second kappa shape index (κ2) is 7.42. The highest BCUT2D eigenvalue weighted by Gasteiger charge is 2.73. The molecule has 0 spiro atoms. The number of anilines is 1. The van der Waals surface area contributed by atoms with E-state index in [1.165, 1.54) is 0 Å². The molecule has 1 fully saturated rings. The number of alkyl halides is 2. The maximum Gasteiger partial charge on any atom is 0.247 e. The van der Waals surface area contributed by atoms with Crippen LogP contribution in [0.2, 0.25) is 0 Å². The number of rotatable bonds is 3. The fourth-order valence-corrected chi connectivity index (χ4v) is 7.25. The molecule has 0 radical (unpaired) electrons. The first-order valence-electron chi connectivity index (χ1n) is 11.5. The summed E-state index contributed by atoms with van der Waals surface area (Å²) in [7, 11) is 0. The van der Waals surface area contributed by atoms with Crippen LogP contribution in [0.1, 0.15) is 34.7 Å². The molecular weight excluding hydrogens is 483 g/mol. The Labute approximate surface area is 213 Å². The van der Waals surface area contributed by atoms with E-state index in [-0.39, 0.29) is 0 Å². The molecular formula is C28H22Cl2N2O3. The molecule has 1 heterocycles. The lowest BCUT2D eigenvalue weighted by Crippen LogP contribution is -2.57. The molecule has 3 aromatic carbocycles. The quantitative estimate of drug-likeness (QED) is 0.406. The molecule has 7 rings (SSSR count). The smallest absolute Gasteiger partial charge is 0.247 e. The normalized spacial score (nSPS) is 28.9. The fourth-order valence-electron chi connectivity index (χ4n) is 6.16.